The van der Waals surface area contributed by atoms with E-state index in [9.17, 15) is 19.5 Å². The molecule has 8 heteroatoms. The quantitative estimate of drug-likeness (QED) is 0.598. The van der Waals surface area contributed by atoms with Crippen molar-refractivity contribution in [3.63, 3.8) is 0 Å². The Bertz CT molecular complexity index is 1040. The van der Waals surface area contributed by atoms with Gasteiger partial charge in [0.15, 0.2) is 0 Å². The number of likely N-dealkylation sites (tertiary alicyclic amines) is 1. The molecule has 2 N–H and O–H groups in total. The maximum absolute atomic E-state index is 12.9. The molecule has 0 radical (unpaired) electrons. The van der Waals surface area contributed by atoms with E-state index >= 15 is 0 Å². The van der Waals surface area contributed by atoms with Crippen LogP contribution in [0.2, 0.25) is 0 Å². The van der Waals surface area contributed by atoms with Crippen LogP contribution in [-0.4, -0.2) is 66.9 Å². The lowest BCUT2D eigenvalue weighted by molar-refractivity contribution is -0.152. The smallest absolute Gasteiger partial charge is 0.407 e. The van der Waals surface area contributed by atoms with E-state index in [-0.39, 0.29) is 31.0 Å². The second-order valence-corrected chi connectivity index (χ2v) is 9.21. The van der Waals surface area contributed by atoms with Gasteiger partial charge in [-0.05, 0) is 42.0 Å². The van der Waals surface area contributed by atoms with Gasteiger partial charge in [-0.25, -0.2) is 4.79 Å². The summed E-state index contributed by atoms with van der Waals surface area (Å²) >= 11 is 0. The molecule has 8 nitrogen and oxygen atoms in total. The summed E-state index contributed by atoms with van der Waals surface area (Å²) in [5.41, 5.74) is 4.63. The molecule has 1 unspecified atom stereocenters. The predicted molar refractivity (Wildman–Crippen MR) is 130 cm³/mol. The lowest BCUT2D eigenvalue weighted by atomic mass is 9.91. The van der Waals surface area contributed by atoms with Crippen LogP contribution in [0.25, 0.3) is 11.1 Å². The predicted octanol–water partition coefficient (Wildman–Crippen LogP) is 3.64. The lowest BCUT2D eigenvalue weighted by Crippen LogP contribution is -2.50. The summed E-state index contributed by atoms with van der Waals surface area (Å²) in [6, 6.07) is 16.1. The van der Waals surface area contributed by atoms with Crippen molar-refractivity contribution in [3.05, 3.63) is 59.7 Å². The van der Waals surface area contributed by atoms with Crippen LogP contribution in [0, 0.1) is 5.92 Å². The number of hydrogen-bond acceptors (Lipinski definition) is 5. The van der Waals surface area contributed by atoms with Crippen LogP contribution >= 0.6 is 0 Å². The second kappa shape index (κ2) is 10.9. The molecule has 4 rings (SSSR count). The number of fused-ring (bicyclic) bond motifs is 3. The number of carboxylic acid groups (broad SMARTS) is 1. The fourth-order valence-corrected chi connectivity index (χ4v) is 5.21. The largest absolute Gasteiger partial charge is 0.481 e. The highest BCUT2D eigenvalue weighted by molar-refractivity contribution is 5.82. The summed E-state index contributed by atoms with van der Waals surface area (Å²) < 4.78 is 10.9. The topological polar surface area (TPSA) is 105 Å². The molecule has 2 aliphatic rings. The molecule has 0 spiro atoms. The first-order valence-electron chi connectivity index (χ1n) is 12.1. The number of carbonyl (C=O) groups excluding carboxylic acids is 2. The zero-order valence-electron chi connectivity index (χ0n) is 20.1. The van der Waals surface area contributed by atoms with Crippen molar-refractivity contribution in [1.29, 1.82) is 0 Å². The number of nitrogens with zero attached hydrogens (tertiary/aromatic N) is 1. The maximum Gasteiger partial charge on any atom is 0.407 e. The van der Waals surface area contributed by atoms with Gasteiger partial charge in [0.05, 0.1) is 5.92 Å². The lowest BCUT2D eigenvalue weighted by Gasteiger charge is -2.38. The molecule has 1 fully saturated rings. The average Bonchev–Trinajstić information content (AvgIpc) is 3.18. The van der Waals surface area contributed by atoms with Gasteiger partial charge in [0.1, 0.15) is 12.7 Å². The third-order valence-corrected chi connectivity index (χ3v) is 7.09. The van der Waals surface area contributed by atoms with Crippen LogP contribution in [-0.2, 0) is 19.1 Å². The van der Waals surface area contributed by atoms with E-state index in [1.165, 1.54) is 18.2 Å². The van der Waals surface area contributed by atoms with Gasteiger partial charge in [0.2, 0.25) is 0 Å². The van der Waals surface area contributed by atoms with Crippen molar-refractivity contribution >= 4 is 18.0 Å². The SMILES string of the molecule is COC(CCNC(=O)OCC1c2ccccc2-c2ccccc21)C(=O)N1CC[C@H](C(=O)O)C[C@@H]1C. The fourth-order valence-electron chi connectivity index (χ4n) is 5.21. The van der Waals surface area contributed by atoms with Gasteiger partial charge < -0.3 is 24.8 Å². The Kier molecular flexibility index (Phi) is 7.70. The van der Waals surface area contributed by atoms with E-state index in [1.54, 1.807) is 4.90 Å². The van der Waals surface area contributed by atoms with Crippen LogP contribution in [0.3, 0.4) is 0 Å². The first-order chi connectivity index (χ1) is 16.9. The molecule has 2 amide bonds. The molecule has 0 bridgehead atoms. The number of aliphatic carboxylic acids is 1. The van der Waals surface area contributed by atoms with Crippen LogP contribution in [0.4, 0.5) is 4.79 Å². The number of piperidine rings is 1. The highest BCUT2D eigenvalue weighted by Gasteiger charge is 2.35. The molecule has 2 aromatic rings. The molecule has 1 saturated heterocycles. The molecule has 1 aliphatic heterocycles. The minimum absolute atomic E-state index is 0.0170. The molecular weight excluding hydrogens is 448 g/mol. The summed E-state index contributed by atoms with van der Waals surface area (Å²) in [6.45, 7) is 2.69. The summed E-state index contributed by atoms with van der Waals surface area (Å²) in [5.74, 6) is -1.44. The van der Waals surface area contributed by atoms with Crippen molar-refractivity contribution in [2.75, 3.05) is 26.8 Å². The van der Waals surface area contributed by atoms with Gasteiger partial charge in [-0.2, -0.15) is 0 Å². The van der Waals surface area contributed by atoms with Gasteiger partial charge >= 0.3 is 12.1 Å². The Morgan fingerprint density at radius 2 is 1.71 bits per heavy atom. The Balaban J connectivity index is 1.26. The zero-order valence-corrected chi connectivity index (χ0v) is 20.1. The number of rotatable bonds is 8. The number of nitrogens with one attached hydrogen (secondary N) is 1. The number of carbonyl (C=O) groups is 3. The average molecular weight is 481 g/mol. The normalized spacial score (nSPS) is 20.0. The van der Waals surface area contributed by atoms with Crippen LogP contribution < -0.4 is 5.32 Å². The van der Waals surface area contributed by atoms with Gasteiger partial charge in [-0.15, -0.1) is 0 Å². The van der Waals surface area contributed by atoms with E-state index in [2.05, 4.69) is 29.6 Å². The first kappa shape index (κ1) is 24.7. The highest BCUT2D eigenvalue weighted by Crippen LogP contribution is 2.44. The standard InChI is InChI=1S/C27H32N2O6/c1-17-15-18(26(31)32)12-14-29(17)25(30)24(34-2)11-13-28-27(33)35-16-23-21-9-5-3-7-19(21)20-8-4-6-10-22(20)23/h3-10,17-18,23-24H,11-16H2,1-2H3,(H,28,33)(H,31,32)/t17-,18-,24?/m0/s1. The number of hydrogen-bond donors (Lipinski definition) is 2. The van der Waals surface area contributed by atoms with Gasteiger partial charge in [0, 0.05) is 38.6 Å². The molecule has 35 heavy (non-hydrogen) atoms. The molecule has 0 saturated carbocycles. The van der Waals surface area contributed by atoms with Crippen LogP contribution in [0.5, 0.6) is 0 Å². The number of benzene rings is 2. The molecular formula is C27H32N2O6. The van der Waals surface area contributed by atoms with E-state index in [1.807, 2.05) is 31.2 Å². The number of methoxy groups -OCH3 is 1. The number of ether oxygens (including phenoxy) is 2. The Morgan fingerprint density at radius 3 is 2.29 bits per heavy atom. The third-order valence-electron chi connectivity index (χ3n) is 7.09. The Morgan fingerprint density at radius 1 is 1.09 bits per heavy atom. The van der Waals surface area contributed by atoms with Crippen LogP contribution in [0.15, 0.2) is 48.5 Å². The van der Waals surface area contributed by atoms with Crippen molar-refractivity contribution in [1.82, 2.24) is 10.2 Å². The minimum Gasteiger partial charge on any atom is -0.481 e. The van der Waals surface area contributed by atoms with Gasteiger partial charge in [0.25, 0.3) is 5.91 Å². The van der Waals surface area contributed by atoms with E-state index < -0.39 is 24.1 Å². The molecule has 186 valence electrons. The second-order valence-electron chi connectivity index (χ2n) is 9.21. The Labute approximate surface area is 205 Å². The summed E-state index contributed by atoms with van der Waals surface area (Å²) in [7, 11) is 1.46. The third kappa shape index (κ3) is 5.32. The molecule has 3 atom stereocenters. The summed E-state index contributed by atoms with van der Waals surface area (Å²) in [6.07, 6.45) is -0.0991. The molecule has 1 heterocycles. The van der Waals surface area contributed by atoms with E-state index in [0.717, 1.165) is 11.1 Å². The van der Waals surface area contributed by atoms with Crippen molar-refractivity contribution < 1.29 is 29.0 Å². The molecule has 0 aromatic heterocycles. The van der Waals surface area contributed by atoms with Crippen molar-refractivity contribution in [3.8, 4) is 11.1 Å². The van der Waals surface area contributed by atoms with E-state index in [0.29, 0.717) is 25.8 Å². The Hall–Kier alpha value is -3.39. The summed E-state index contributed by atoms with van der Waals surface area (Å²) in [4.78, 5) is 38.3. The molecule has 1 aliphatic carbocycles. The fraction of sp³-hybridized carbons (Fsp3) is 0.444. The minimum atomic E-state index is -0.820. The monoisotopic (exact) mass is 480 g/mol. The summed E-state index contributed by atoms with van der Waals surface area (Å²) in [5, 5.41) is 12.0. The van der Waals surface area contributed by atoms with E-state index in [4.69, 9.17) is 9.47 Å². The van der Waals surface area contributed by atoms with Crippen molar-refractivity contribution in [2.24, 2.45) is 5.92 Å². The van der Waals surface area contributed by atoms with Crippen LogP contribution in [0.1, 0.15) is 43.2 Å². The maximum atomic E-state index is 12.9. The number of amides is 2. The van der Waals surface area contributed by atoms with Crippen molar-refractivity contribution in [2.45, 2.75) is 44.2 Å². The highest BCUT2D eigenvalue weighted by atomic mass is 16.5. The van der Waals surface area contributed by atoms with Gasteiger partial charge in [-0.3, -0.25) is 9.59 Å². The van der Waals surface area contributed by atoms with Gasteiger partial charge in [-0.1, -0.05) is 48.5 Å². The zero-order chi connectivity index (χ0) is 24.9. The first-order valence-corrected chi connectivity index (χ1v) is 12.1. The molecule has 2 aromatic carbocycles. The number of carboxylic acids is 1. The number of alkyl carbamates (subject to hydrolysis) is 1.